The summed E-state index contributed by atoms with van der Waals surface area (Å²) in [6.45, 7) is 6.53. The molecule has 1 rings (SSSR count). The van der Waals surface area contributed by atoms with E-state index in [0.29, 0.717) is 5.02 Å². The van der Waals surface area contributed by atoms with Crippen LogP contribution in [0.3, 0.4) is 0 Å². The third kappa shape index (κ3) is 3.18. The van der Waals surface area contributed by atoms with Crippen LogP contribution in [0, 0.1) is 0 Å². The van der Waals surface area contributed by atoms with E-state index < -0.39 is 0 Å². The number of halogens is 1. The van der Waals surface area contributed by atoms with Crippen LogP contribution in [0.4, 0.5) is 5.69 Å². The molecule has 0 aliphatic heterocycles. The summed E-state index contributed by atoms with van der Waals surface area (Å²) >= 11 is 6.01. The Morgan fingerprint density at radius 3 is 2.79 bits per heavy atom. The predicted octanol–water partition coefficient (Wildman–Crippen LogP) is 3.73. The predicted molar refractivity (Wildman–Crippen MR) is 61.9 cm³/mol. The van der Waals surface area contributed by atoms with Crippen LogP contribution in [0.25, 0.3) is 0 Å². The van der Waals surface area contributed by atoms with E-state index >= 15 is 0 Å². The summed E-state index contributed by atoms with van der Waals surface area (Å²) in [7, 11) is 0. The molecule has 1 aromatic heterocycles. The van der Waals surface area contributed by atoms with Gasteiger partial charge in [-0.3, -0.25) is 4.98 Å². The van der Waals surface area contributed by atoms with Crippen LogP contribution >= 0.6 is 11.6 Å². The molecular formula is C11H17ClN2. The van der Waals surface area contributed by atoms with E-state index in [1.165, 1.54) is 0 Å². The molecule has 78 valence electrons. The van der Waals surface area contributed by atoms with Crippen molar-refractivity contribution in [3.8, 4) is 0 Å². The fourth-order valence-corrected chi connectivity index (χ4v) is 1.70. The second kappa shape index (κ2) is 4.65. The SMILES string of the molecule is CCCC(C)(C)Nc1ccncc1Cl. The Kier molecular flexibility index (Phi) is 3.76. The molecule has 0 aliphatic carbocycles. The number of nitrogens with one attached hydrogen (secondary N) is 1. The lowest BCUT2D eigenvalue weighted by molar-refractivity contribution is 0.511. The number of aromatic nitrogens is 1. The minimum absolute atomic E-state index is 0.0831. The molecule has 0 saturated carbocycles. The maximum absolute atomic E-state index is 6.01. The molecule has 3 heteroatoms. The van der Waals surface area contributed by atoms with E-state index in [0.717, 1.165) is 18.5 Å². The molecule has 1 N–H and O–H groups in total. The molecule has 0 saturated heterocycles. The first-order valence-corrected chi connectivity index (χ1v) is 5.30. The van der Waals surface area contributed by atoms with Gasteiger partial charge in [-0.1, -0.05) is 24.9 Å². The fourth-order valence-electron chi connectivity index (χ4n) is 1.53. The third-order valence-electron chi connectivity index (χ3n) is 2.12. The van der Waals surface area contributed by atoms with Gasteiger partial charge in [0.2, 0.25) is 0 Å². The lowest BCUT2D eigenvalue weighted by Crippen LogP contribution is -2.30. The van der Waals surface area contributed by atoms with Crippen molar-refractivity contribution in [3.63, 3.8) is 0 Å². The van der Waals surface area contributed by atoms with Gasteiger partial charge >= 0.3 is 0 Å². The van der Waals surface area contributed by atoms with Gasteiger partial charge in [0.15, 0.2) is 0 Å². The van der Waals surface area contributed by atoms with Crippen LogP contribution in [0.15, 0.2) is 18.5 Å². The topological polar surface area (TPSA) is 24.9 Å². The number of rotatable bonds is 4. The maximum Gasteiger partial charge on any atom is 0.0820 e. The van der Waals surface area contributed by atoms with Gasteiger partial charge in [0, 0.05) is 17.9 Å². The highest BCUT2D eigenvalue weighted by atomic mass is 35.5. The Hall–Kier alpha value is -0.760. The van der Waals surface area contributed by atoms with Crippen LogP contribution < -0.4 is 5.32 Å². The molecule has 0 aromatic carbocycles. The van der Waals surface area contributed by atoms with E-state index in [2.05, 4.69) is 31.1 Å². The third-order valence-corrected chi connectivity index (χ3v) is 2.42. The highest BCUT2D eigenvalue weighted by Gasteiger charge is 2.16. The number of hydrogen-bond donors (Lipinski definition) is 1. The molecule has 0 spiro atoms. The van der Waals surface area contributed by atoms with Crippen molar-refractivity contribution in [1.82, 2.24) is 4.98 Å². The first-order chi connectivity index (χ1) is 6.55. The van der Waals surface area contributed by atoms with Gasteiger partial charge in [-0.2, -0.15) is 0 Å². The Bertz CT molecular complexity index is 297. The molecule has 14 heavy (non-hydrogen) atoms. The normalized spacial score (nSPS) is 11.4. The van der Waals surface area contributed by atoms with Crippen LogP contribution in [0.2, 0.25) is 5.02 Å². The Balaban J connectivity index is 2.73. The molecule has 1 aromatic rings. The Morgan fingerprint density at radius 2 is 2.21 bits per heavy atom. The zero-order valence-corrected chi connectivity index (χ0v) is 9.73. The Morgan fingerprint density at radius 1 is 1.50 bits per heavy atom. The summed E-state index contributed by atoms with van der Waals surface area (Å²) in [6.07, 6.45) is 5.68. The molecule has 0 unspecified atom stereocenters. The molecule has 0 atom stereocenters. The van der Waals surface area contributed by atoms with Gasteiger partial charge in [-0.25, -0.2) is 0 Å². The van der Waals surface area contributed by atoms with E-state index in [9.17, 15) is 0 Å². The molecule has 0 aliphatic rings. The van der Waals surface area contributed by atoms with Crippen molar-refractivity contribution >= 4 is 17.3 Å². The monoisotopic (exact) mass is 212 g/mol. The first-order valence-electron chi connectivity index (χ1n) is 4.93. The van der Waals surface area contributed by atoms with Crippen molar-refractivity contribution < 1.29 is 0 Å². The summed E-state index contributed by atoms with van der Waals surface area (Å²) in [5.74, 6) is 0. The van der Waals surface area contributed by atoms with E-state index in [-0.39, 0.29) is 5.54 Å². The zero-order valence-electron chi connectivity index (χ0n) is 8.97. The molecule has 0 fully saturated rings. The fraction of sp³-hybridized carbons (Fsp3) is 0.545. The van der Waals surface area contributed by atoms with E-state index in [1.807, 2.05) is 6.07 Å². The first kappa shape index (κ1) is 11.3. The van der Waals surface area contributed by atoms with Gasteiger partial charge in [-0.05, 0) is 26.3 Å². The van der Waals surface area contributed by atoms with Crippen LogP contribution in [-0.2, 0) is 0 Å². The molecule has 2 nitrogen and oxygen atoms in total. The summed E-state index contributed by atoms with van der Waals surface area (Å²) in [5.41, 5.74) is 1.04. The van der Waals surface area contributed by atoms with E-state index in [4.69, 9.17) is 11.6 Å². The number of pyridine rings is 1. The van der Waals surface area contributed by atoms with Gasteiger partial charge in [0.05, 0.1) is 10.7 Å². The minimum Gasteiger partial charge on any atom is -0.379 e. The number of anilines is 1. The average Bonchev–Trinajstić information content (AvgIpc) is 2.08. The second-order valence-electron chi connectivity index (χ2n) is 4.11. The van der Waals surface area contributed by atoms with Crippen molar-refractivity contribution in [2.75, 3.05) is 5.32 Å². The van der Waals surface area contributed by atoms with Crippen molar-refractivity contribution in [2.45, 2.75) is 39.2 Å². The van der Waals surface area contributed by atoms with E-state index in [1.54, 1.807) is 12.4 Å². The van der Waals surface area contributed by atoms with Gasteiger partial charge in [0.1, 0.15) is 0 Å². The van der Waals surface area contributed by atoms with Crippen molar-refractivity contribution in [1.29, 1.82) is 0 Å². The number of nitrogens with zero attached hydrogens (tertiary/aromatic N) is 1. The quantitative estimate of drug-likeness (QED) is 0.823. The lowest BCUT2D eigenvalue weighted by atomic mass is 9.99. The highest BCUT2D eigenvalue weighted by molar-refractivity contribution is 6.33. The highest BCUT2D eigenvalue weighted by Crippen LogP contribution is 2.25. The largest absolute Gasteiger partial charge is 0.379 e. The zero-order chi connectivity index (χ0) is 10.6. The summed E-state index contributed by atoms with van der Waals surface area (Å²) in [5, 5.41) is 4.09. The minimum atomic E-state index is 0.0831. The second-order valence-corrected chi connectivity index (χ2v) is 4.52. The smallest absolute Gasteiger partial charge is 0.0820 e. The summed E-state index contributed by atoms with van der Waals surface area (Å²) in [4.78, 5) is 3.95. The molecule has 1 heterocycles. The Labute approximate surface area is 90.7 Å². The van der Waals surface area contributed by atoms with Crippen molar-refractivity contribution in [3.05, 3.63) is 23.5 Å². The van der Waals surface area contributed by atoms with Crippen LogP contribution in [0.1, 0.15) is 33.6 Å². The number of hydrogen-bond acceptors (Lipinski definition) is 2. The summed E-state index contributed by atoms with van der Waals surface area (Å²) in [6, 6.07) is 1.90. The van der Waals surface area contributed by atoms with Gasteiger partial charge in [0.25, 0.3) is 0 Å². The van der Waals surface area contributed by atoms with Crippen LogP contribution in [0.5, 0.6) is 0 Å². The molecule has 0 bridgehead atoms. The lowest BCUT2D eigenvalue weighted by Gasteiger charge is -2.27. The van der Waals surface area contributed by atoms with Gasteiger partial charge in [-0.15, -0.1) is 0 Å². The summed E-state index contributed by atoms with van der Waals surface area (Å²) < 4.78 is 0. The maximum atomic E-state index is 6.01. The average molecular weight is 213 g/mol. The van der Waals surface area contributed by atoms with Gasteiger partial charge < -0.3 is 5.32 Å². The standard InChI is InChI=1S/C11H17ClN2/c1-4-6-11(2,3)14-10-5-7-13-8-9(10)12/h5,7-8H,4,6H2,1-3H3,(H,13,14). The van der Waals surface area contributed by atoms with Crippen LogP contribution in [-0.4, -0.2) is 10.5 Å². The molecular weight excluding hydrogens is 196 g/mol. The van der Waals surface area contributed by atoms with Crippen molar-refractivity contribution in [2.24, 2.45) is 0 Å². The molecule has 0 radical (unpaired) electrons. The molecule has 0 amide bonds.